The molecule has 0 fully saturated rings. The maximum atomic E-state index is 8.08. The molecule has 0 saturated heterocycles. The molecule has 1 aliphatic rings. The molecular weight excluding hydrogens is 590 g/mol. The highest BCUT2D eigenvalue weighted by atomic mass is 16.8. The normalized spacial score (nSPS) is 13.7. The van der Waals surface area contributed by atoms with E-state index in [2.05, 4.69) is 82.3 Å². The maximum Gasteiger partial charge on any atom is 0.138 e. The molecule has 0 bridgehead atoms. The first kappa shape index (κ1) is 24.8. The van der Waals surface area contributed by atoms with E-state index in [0.29, 0.717) is 17.1 Å². The number of pyridine rings is 1. The van der Waals surface area contributed by atoms with Gasteiger partial charge in [-0.25, -0.2) is 10.0 Å². The van der Waals surface area contributed by atoms with Gasteiger partial charge >= 0.3 is 0 Å². The molecule has 6 aromatic carbocycles. The summed E-state index contributed by atoms with van der Waals surface area (Å²) in [5.41, 5.74) is 8.90. The Hall–Kier alpha value is -6.37. The van der Waals surface area contributed by atoms with E-state index in [9.17, 15) is 0 Å². The van der Waals surface area contributed by atoms with Crippen LogP contribution in [-0.2, 0) is 4.94 Å². The van der Waals surface area contributed by atoms with Crippen LogP contribution in [-0.4, -0.2) is 16.5 Å². The Kier molecular flexibility index (Phi) is 5.92. The van der Waals surface area contributed by atoms with Crippen LogP contribution in [0.3, 0.4) is 0 Å². The van der Waals surface area contributed by atoms with Crippen molar-refractivity contribution < 1.29 is 9.05 Å². The molecule has 2 aromatic heterocycles. The number of nitrogens with zero attached hydrogens (tertiary/aromatic N) is 5. The van der Waals surface area contributed by atoms with Crippen LogP contribution in [0.15, 0.2) is 170 Å². The maximum absolute atomic E-state index is 8.08. The van der Waals surface area contributed by atoms with Crippen molar-refractivity contribution >= 4 is 55.9 Å². The van der Waals surface area contributed by atoms with Gasteiger partial charge in [0, 0.05) is 45.1 Å². The second-order valence-corrected chi connectivity index (χ2v) is 11.7. The van der Waals surface area contributed by atoms with Gasteiger partial charge in [-0.3, -0.25) is 4.57 Å². The summed E-state index contributed by atoms with van der Waals surface area (Å²) in [5.74, 6) is 0.830. The molecule has 48 heavy (non-hydrogen) atoms. The standard InChI is InChI=1S/C42H31N5O/c1-44-39-21-10-11-22-40(39)47(48-44)35-18-12-17-33(28-35)45(32-15-6-3-7-16-32)34-23-24-37-36-19-8-9-20-38(36)46(41(37)29-34)42-27-31(25-26-43-42)30-13-4-2-5-14-30/h2-29H,1H3/i1D3. The van der Waals surface area contributed by atoms with Gasteiger partial charge in [-0.2, -0.15) is 5.06 Å². The lowest BCUT2D eigenvalue weighted by atomic mass is 10.1. The molecule has 9 rings (SSSR count). The summed E-state index contributed by atoms with van der Waals surface area (Å²) >= 11 is 0. The number of fused-ring (bicyclic) bond motifs is 4. The molecule has 0 unspecified atom stereocenters. The first-order valence-corrected chi connectivity index (χ1v) is 15.8. The molecule has 6 heteroatoms. The Morgan fingerprint density at radius 1 is 0.562 bits per heavy atom. The molecule has 0 N–H and O–H groups in total. The predicted molar refractivity (Wildman–Crippen MR) is 197 cm³/mol. The van der Waals surface area contributed by atoms with Crippen LogP contribution >= 0.6 is 0 Å². The Bertz CT molecular complexity index is 2540. The van der Waals surface area contributed by atoms with Crippen molar-refractivity contribution in [1.29, 1.82) is 0 Å². The van der Waals surface area contributed by atoms with Crippen LogP contribution in [0.1, 0.15) is 4.11 Å². The Morgan fingerprint density at radius 2 is 1.27 bits per heavy atom. The number of hydroxylamine groups is 1. The monoisotopic (exact) mass is 624 g/mol. The second-order valence-electron chi connectivity index (χ2n) is 11.7. The van der Waals surface area contributed by atoms with E-state index in [-0.39, 0.29) is 0 Å². The molecule has 8 aromatic rings. The highest BCUT2D eigenvalue weighted by molar-refractivity contribution is 6.10. The molecule has 0 spiro atoms. The van der Waals surface area contributed by atoms with E-state index in [1.165, 1.54) is 0 Å². The third-order valence-corrected chi connectivity index (χ3v) is 8.82. The van der Waals surface area contributed by atoms with E-state index in [0.717, 1.165) is 60.9 Å². The molecule has 3 heterocycles. The molecule has 0 aliphatic carbocycles. The summed E-state index contributed by atoms with van der Waals surface area (Å²) in [6, 6.07) is 54.9. The number of para-hydroxylation sites is 4. The largest absolute Gasteiger partial charge is 0.310 e. The molecule has 0 radical (unpaired) electrons. The highest BCUT2D eigenvalue weighted by Gasteiger charge is 2.27. The van der Waals surface area contributed by atoms with Crippen LogP contribution in [0.4, 0.5) is 34.1 Å². The van der Waals surface area contributed by atoms with Crippen LogP contribution < -0.4 is 15.0 Å². The molecule has 0 saturated carbocycles. The fraction of sp³-hybridized carbons (Fsp3) is 0.0238. The quantitative estimate of drug-likeness (QED) is 0.184. The van der Waals surface area contributed by atoms with Crippen molar-refractivity contribution in [2.45, 2.75) is 0 Å². The molecule has 230 valence electrons. The third kappa shape index (κ3) is 4.66. The fourth-order valence-corrected chi connectivity index (χ4v) is 6.64. The minimum Gasteiger partial charge on any atom is -0.310 e. The van der Waals surface area contributed by atoms with E-state index in [1.54, 1.807) is 17.2 Å². The van der Waals surface area contributed by atoms with Gasteiger partial charge in [-0.05, 0) is 83.9 Å². The van der Waals surface area contributed by atoms with Crippen molar-refractivity contribution in [1.82, 2.24) is 9.55 Å². The Morgan fingerprint density at radius 3 is 2.12 bits per heavy atom. The summed E-state index contributed by atoms with van der Waals surface area (Å²) in [5, 5.41) is 4.82. The van der Waals surface area contributed by atoms with Gasteiger partial charge in [-0.15, -0.1) is 4.94 Å². The zero-order valence-corrected chi connectivity index (χ0v) is 25.8. The minimum absolute atomic E-state index is 0.478. The van der Waals surface area contributed by atoms with E-state index < -0.39 is 6.98 Å². The van der Waals surface area contributed by atoms with Gasteiger partial charge in [0.15, 0.2) is 0 Å². The van der Waals surface area contributed by atoms with Crippen LogP contribution in [0, 0.1) is 0 Å². The summed E-state index contributed by atoms with van der Waals surface area (Å²) in [6.07, 6.45) is 1.87. The lowest BCUT2D eigenvalue weighted by Crippen LogP contribution is -2.21. The second kappa shape index (κ2) is 11.5. The molecular formula is C42H31N5O. The Labute approximate surface area is 283 Å². The SMILES string of the molecule is [2H]C([2H])([2H])N1ON(c2cccc(N(c3ccccc3)c3ccc4c5ccccc5n(-c5cc(-c6ccccc6)ccn5)c4c3)c2)c2ccccc21. The molecule has 0 atom stereocenters. The van der Waals surface area contributed by atoms with Gasteiger partial charge in [0.05, 0.1) is 28.1 Å². The number of rotatable bonds is 6. The predicted octanol–water partition coefficient (Wildman–Crippen LogP) is 10.7. The van der Waals surface area contributed by atoms with Gasteiger partial charge in [0.1, 0.15) is 5.82 Å². The average Bonchev–Trinajstić information content (AvgIpc) is 3.73. The number of hydrogen-bond acceptors (Lipinski definition) is 5. The van der Waals surface area contributed by atoms with Gasteiger partial charge in [0.25, 0.3) is 0 Å². The minimum atomic E-state index is -2.48. The smallest absolute Gasteiger partial charge is 0.138 e. The van der Waals surface area contributed by atoms with Crippen molar-refractivity contribution in [2.24, 2.45) is 0 Å². The zero-order valence-electron chi connectivity index (χ0n) is 28.8. The average molecular weight is 625 g/mol. The van der Waals surface area contributed by atoms with Gasteiger partial charge in [0.2, 0.25) is 0 Å². The zero-order chi connectivity index (χ0) is 34.5. The van der Waals surface area contributed by atoms with Crippen LogP contribution in [0.2, 0.25) is 0 Å². The summed E-state index contributed by atoms with van der Waals surface area (Å²) in [7, 11) is 0. The fourth-order valence-electron chi connectivity index (χ4n) is 6.64. The first-order chi connectivity index (χ1) is 24.9. The number of hydrogen-bond donors (Lipinski definition) is 0. The molecule has 1 aliphatic heterocycles. The third-order valence-electron chi connectivity index (χ3n) is 8.82. The van der Waals surface area contributed by atoms with Gasteiger partial charge in [-0.1, -0.05) is 91.0 Å². The number of anilines is 6. The first-order valence-electron chi connectivity index (χ1n) is 17.3. The molecule has 6 nitrogen and oxygen atoms in total. The lowest BCUT2D eigenvalue weighted by Gasteiger charge is -2.27. The van der Waals surface area contributed by atoms with E-state index in [1.807, 2.05) is 85.1 Å². The molecule has 0 amide bonds. The van der Waals surface area contributed by atoms with E-state index in [4.69, 9.17) is 14.0 Å². The van der Waals surface area contributed by atoms with E-state index >= 15 is 0 Å². The summed E-state index contributed by atoms with van der Waals surface area (Å²) < 4.78 is 26.5. The van der Waals surface area contributed by atoms with Crippen molar-refractivity contribution in [3.05, 3.63) is 170 Å². The Balaban J connectivity index is 1.20. The van der Waals surface area contributed by atoms with Gasteiger partial charge < -0.3 is 4.90 Å². The van der Waals surface area contributed by atoms with Crippen molar-refractivity contribution in [3.63, 3.8) is 0 Å². The summed E-state index contributed by atoms with van der Waals surface area (Å²) in [6.45, 7) is -2.48. The summed E-state index contributed by atoms with van der Waals surface area (Å²) in [4.78, 5) is 13.1. The van der Waals surface area contributed by atoms with Crippen LogP contribution in [0.5, 0.6) is 0 Å². The number of benzene rings is 6. The van der Waals surface area contributed by atoms with Crippen molar-refractivity contribution in [2.75, 3.05) is 22.0 Å². The van der Waals surface area contributed by atoms with Crippen LogP contribution in [0.25, 0.3) is 38.8 Å². The number of aromatic nitrogens is 2. The lowest BCUT2D eigenvalue weighted by molar-refractivity contribution is 0.142. The highest BCUT2D eigenvalue weighted by Crippen LogP contribution is 2.44. The van der Waals surface area contributed by atoms with Crippen molar-refractivity contribution in [3.8, 4) is 16.9 Å². The topological polar surface area (TPSA) is 36.8 Å².